The summed E-state index contributed by atoms with van der Waals surface area (Å²) in [6, 6.07) is 6.68. The zero-order chi connectivity index (χ0) is 9.80. The van der Waals surface area contributed by atoms with Gasteiger partial charge in [0.15, 0.2) is 0 Å². The molecule has 1 aromatic carbocycles. The molecule has 0 amide bonds. The van der Waals surface area contributed by atoms with E-state index < -0.39 is 0 Å². The summed E-state index contributed by atoms with van der Waals surface area (Å²) in [5, 5.41) is 6.59. The van der Waals surface area contributed by atoms with Crippen molar-refractivity contribution < 1.29 is 0 Å². The SMILES string of the molecule is CNCCCc1cccc2c1CNC2. The summed E-state index contributed by atoms with van der Waals surface area (Å²) >= 11 is 0. The van der Waals surface area contributed by atoms with Crippen LogP contribution in [0.4, 0.5) is 0 Å². The Labute approximate surface area is 85.7 Å². The van der Waals surface area contributed by atoms with Crippen molar-refractivity contribution in [2.45, 2.75) is 25.9 Å². The molecular weight excluding hydrogens is 172 g/mol. The van der Waals surface area contributed by atoms with Gasteiger partial charge in [-0.15, -0.1) is 0 Å². The van der Waals surface area contributed by atoms with Crippen LogP contribution in [-0.2, 0) is 19.5 Å². The molecule has 2 heteroatoms. The van der Waals surface area contributed by atoms with E-state index >= 15 is 0 Å². The summed E-state index contributed by atoms with van der Waals surface area (Å²) < 4.78 is 0. The second kappa shape index (κ2) is 4.58. The van der Waals surface area contributed by atoms with E-state index in [1.54, 1.807) is 5.56 Å². The first-order chi connectivity index (χ1) is 6.92. The number of rotatable bonds is 4. The van der Waals surface area contributed by atoms with E-state index in [0.717, 1.165) is 19.6 Å². The smallest absolute Gasteiger partial charge is 0.0214 e. The zero-order valence-electron chi connectivity index (χ0n) is 8.77. The molecule has 1 aliphatic rings. The van der Waals surface area contributed by atoms with Gasteiger partial charge in [0.2, 0.25) is 0 Å². The van der Waals surface area contributed by atoms with Crippen molar-refractivity contribution in [2.24, 2.45) is 0 Å². The highest BCUT2D eigenvalue weighted by Crippen LogP contribution is 2.20. The Morgan fingerprint density at radius 3 is 3.14 bits per heavy atom. The molecule has 1 aromatic rings. The van der Waals surface area contributed by atoms with Crippen molar-refractivity contribution in [3.8, 4) is 0 Å². The summed E-state index contributed by atoms with van der Waals surface area (Å²) in [7, 11) is 2.01. The highest BCUT2D eigenvalue weighted by Gasteiger charge is 2.12. The van der Waals surface area contributed by atoms with Crippen LogP contribution in [0.15, 0.2) is 18.2 Å². The van der Waals surface area contributed by atoms with Gasteiger partial charge in [-0.25, -0.2) is 0 Å². The molecule has 0 aromatic heterocycles. The molecule has 2 rings (SSSR count). The van der Waals surface area contributed by atoms with Crippen molar-refractivity contribution >= 4 is 0 Å². The first-order valence-electron chi connectivity index (χ1n) is 5.37. The molecule has 0 saturated carbocycles. The van der Waals surface area contributed by atoms with Crippen LogP contribution in [-0.4, -0.2) is 13.6 Å². The van der Waals surface area contributed by atoms with Crippen molar-refractivity contribution in [3.63, 3.8) is 0 Å². The predicted octanol–water partition coefficient (Wildman–Crippen LogP) is 1.44. The van der Waals surface area contributed by atoms with Crippen LogP contribution >= 0.6 is 0 Å². The molecule has 76 valence electrons. The molecule has 0 unspecified atom stereocenters. The third-order valence-corrected chi connectivity index (χ3v) is 2.86. The van der Waals surface area contributed by atoms with Gasteiger partial charge in [-0.3, -0.25) is 0 Å². The molecule has 14 heavy (non-hydrogen) atoms. The van der Waals surface area contributed by atoms with Gasteiger partial charge >= 0.3 is 0 Å². The molecule has 0 aliphatic carbocycles. The van der Waals surface area contributed by atoms with E-state index in [-0.39, 0.29) is 0 Å². The molecule has 0 bridgehead atoms. The molecule has 1 aliphatic heterocycles. The van der Waals surface area contributed by atoms with Crippen LogP contribution in [0.25, 0.3) is 0 Å². The Morgan fingerprint density at radius 2 is 2.29 bits per heavy atom. The van der Waals surface area contributed by atoms with E-state index in [2.05, 4.69) is 28.8 Å². The molecule has 0 radical (unpaired) electrons. The third kappa shape index (κ3) is 1.97. The van der Waals surface area contributed by atoms with Gasteiger partial charge < -0.3 is 10.6 Å². The molecule has 0 fully saturated rings. The minimum absolute atomic E-state index is 1.05. The number of aryl methyl sites for hydroxylation is 1. The molecular formula is C12H18N2. The number of fused-ring (bicyclic) bond motifs is 1. The van der Waals surface area contributed by atoms with E-state index in [1.165, 1.54) is 24.0 Å². The largest absolute Gasteiger partial charge is 0.320 e. The number of nitrogens with one attached hydrogen (secondary N) is 2. The maximum Gasteiger partial charge on any atom is 0.0214 e. The van der Waals surface area contributed by atoms with Crippen molar-refractivity contribution in [1.29, 1.82) is 0 Å². The average Bonchev–Trinajstić information content (AvgIpc) is 2.67. The summed E-state index contributed by atoms with van der Waals surface area (Å²) in [6.07, 6.45) is 2.43. The Hall–Kier alpha value is -0.860. The molecule has 2 N–H and O–H groups in total. The fraction of sp³-hybridized carbons (Fsp3) is 0.500. The highest BCUT2D eigenvalue weighted by atomic mass is 14.9. The van der Waals surface area contributed by atoms with Crippen LogP contribution in [0.3, 0.4) is 0 Å². The summed E-state index contributed by atoms with van der Waals surface area (Å²) in [5.74, 6) is 0. The van der Waals surface area contributed by atoms with Gasteiger partial charge in [0, 0.05) is 13.1 Å². The van der Waals surface area contributed by atoms with Gasteiger partial charge in [0.25, 0.3) is 0 Å². The van der Waals surface area contributed by atoms with Crippen LogP contribution < -0.4 is 10.6 Å². The Bertz CT molecular complexity index is 307. The normalized spacial score (nSPS) is 14.4. The minimum Gasteiger partial charge on any atom is -0.320 e. The van der Waals surface area contributed by atoms with Gasteiger partial charge in [-0.1, -0.05) is 18.2 Å². The van der Waals surface area contributed by atoms with Crippen LogP contribution in [0.2, 0.25) is 0 Å². The fourth-order valence-electron chi connectivity index (χ4n) is 2.09. The van der Waals surface area contributed by atoms with Crippen LogP contribution in [0.5, 0.6) is 0 Å². The van der Waals surface area contributed by atoms with Crippen molar-refractivity contribution in [3.05, 3.63) is 34.9 Å². The van der Waals surface area contributed by atoms with Gasteiger partial charge in [-0.2, -0.15) is 0 Å². The van der Waals surface area contributed by atoms with Crippen LogP contribution in [0, 0.1) is 0 Å². The zero-order valence-corrected chi connectivity index (χ0v) is 8.77. The second-order valence-corrected chi connectivity index (χ2v) is 3.87. The lowest BCUT2D eigenvalue weighted by molar-refractivity contribution is 0.717. The van der Waals surface area contributed by atoms with Gasteiger partial charge in [0.1, 0.15) is 0 Å². The maximum atomic E-state index is 3.40. The van der Waals surface area contributed by atoms with E-state index in [4.69, 9.17) is 0 Å². The second-order valence-electron chi connectivity index (χ2n) is 3.87. The fourth-order valence-corrected chi connectivity index (χ4v) is 2.09. The predicted molar refractivity (Wildman–Crippen MR) is 59.2 cm³/mol. The number of hydrogen-bond donors (Lipinski definition) is 2. The standard InChI is InChI=1S/C12H18N2/c1-13-7-3-6-10-4-2-5-11-8-14-9-12(10)11/h2,4-5,13-14H,3,6-9H2,1H3. The Morgan fingerprint density at radius 1 is 1.36 bits per heavy atom. The van der Waals surface area contributed by atoms with E-state index in [0.29, 0.717) is 0 Å². The number of hydrogen-bond acceptors (Lipinski definition) is 2. The first-order valence-corrected chi connectivity index (χ1v) is 5.37. The molecule has 2 nitrogen and oxygen atoms in total. The average molecular weight is 190 g/mol. The molecule has 0 atom stereocenters. The molecule has 0 spiro atoms. The number of benzene rings is 1. The van der Waals surface area contributed by atoms with Gasteiger partial charge in [0.05, 0.1) is 0 Å². The van der Waals surface area contributed by atoms with E-state index in [1.807, 2.05) is 7.05 Å². The summed E-state index contributed by atoms with van der Waals surface area (Å²) in [6.45, 7) is 3.22. The van der Waals surface area contributed by atoms with E-state index in [9.17, 15) is 0 Å². The lowest BCUT2D eigenvalue weighted by atomic mass is 10.00. The van der Waals surface area contributed by atoms with Crippen molar-refractivity contribution in [2.75, 3.05) is 13.6 Å². The topological polar surface area (TPSA) is 24.1 Å². The summed E-state index contributed by atoms with van der Waals surface area (Å²) in [4.78, 5) is 0. The Kier molecular flexibility index (Phi) is 3.17. The monoisotopic (exact) mass is 190 g/mol. The third-order valence-electron chi connectivity index (χ3n) is 2.86. The first kappa shape index (κ1) is 9.69. The minimum atomic E-state index is 1.05. The summed E-state index contributed by atoms with van der Waals surface area (Å²) in [5.41, 5.74) is 4.57. The van der Waals surface area contributed by atoms with Crippen molar-refractivity contribution in [1.82, 2.24) is 10.6 Å². The van der Waals surface area contributed by atoms with Gasteiger partial charge in [-0.05, 0) is 43.1 Å². The molecule has 0 saturated heterocycles. The molecule has 1 heterocycles. The Balaban J connectivity index is 2.06. The quantitative estimate of drug-likeness (QED) is 0.702. The highest BCUT2D eigenvalue weighted by molar-refractivity contribution is 5.37. The lowest BCUT2D eigenvalue weighted by Crippen LogP contribution is -2.09. The lowest BCUT2D eigenvalue weighted by Gasteiger charge is -2.07. The van der Waals surface area contributed by atoms with Crippen LogP contribution in [0.1, 0.15) is 23.1 Å². The maximum absolute atomic E-state index is 3.40.